The lowest BCUT2D eigenvalue weighted by molar-refractivity contribution is -0.148. The van der Waals surface area contributed by atoms with Crippen molar-refractivity contribution in [1.29, 1.82) is 0 Å². The standard InChI is InChI=1S/C25H29NO4S/c1-14-10-11-16(12-15(14)2)26-24(28)23-19-8-5-9-21(19)31-22(23)13-20(27)17-6-3-4-7-18(17)25(29)30/h10-12,17-18H,3-9,13H2,1-2H3,(H,26,28)(H,29,30). The molecule has 2 unspecified atom stereocenters. The second-order valence-corrected chi connectivity index (χ2v) is 10.1. The molecule has 1 aromatic carbocycles. The first-order valence-corrected chi connectivity index (χ1v) is 11.9. The van der Waals surface area contributed by atoms with Crippen LogP contribution < -0.4 is 5.32 Å². The maximum atomic E-state index is 13.3. The van der Waals surface area contributed by atoms with Gasteiger partial charge in [-0.05, 0) is 74.8 Å². The fraction of sp³-hybridized carbons (Fsp3) is 0.480. The van der Waals surface area contributed by atoms with Gasteiger partial charge >= 0.3 is 5.97 Å². The van der Waals surface area contributed by atoms with E-state index in [1.54, 1.807) is 11.3 Å². The van der Waals surface area contributed by atoms with Gasteiger partial charge < -0.3 is 10.4 Å². The monoisotopic (exact) mass is 439 g/mol. The van der Waals surface area contributed by atoms with E-state index in [0.29, 0.717) is 18.4 Å². The molecule has 1 heterocycles. The van der Waals surface area contributed by atoms with Gasteiger partial charge in [0, 0.05) is 27.8 Å². The van der Waals surface area contributed by atoms with Crippen LogP contribution >= 0.6 is 11.3 Å². The van der Waals surface area contributed by atoms with E-state index >= 15 is 0 Å². The number of aliphatic carboxylic acids is 1. The summed E-state index contributed by atoms with van der Waals surface area (Å²) in [7, 11) is 0. The molecule has 2 aliphatic carbocycles. The molecule has 2 N–H and O–H groups in total. The Morgan fingerprint density at radius 2 is 1.77 bits per heavy atom. The zero-order chi connectivity index (χ0) is 22.1. The Bertz CT molecular complexity index is 1040. The minimum absolute atomic E-state index is 0.0350. The van der Waals surface area contributed by atoms with Gasteiger partial charge in [0.05, 0.1) is 11.5 Å². The molecule has 1 saturated carbocycles. The molecule has 2 aromatic rings. The number of carboxylic acids is 1. The van der Waals surface area contributed by atoms with Crippen molar-refractivity contribution in [2.75, 3.05) is 5.32 Å². The van der Waals surface area contributed by atoms with E-state index in [1.165, 1.54) is 10.4 Å². The first-order chi connectivity index (χ1) is 14.8. The molecule has 0 radical (unpaired) electrons. The molecule has 2 atom stereocenters. The predicted octanol–water partition coefficient (Wildman–Crippen LogP) is 5.11. The van der Waals surface area contributed by atoms with Gasteiger partial charge in [0.15, 0.2) is 0 Å². The highest BCUT2D eigenvalue weighted by atomic mass is 32.1. The molecule has 4 rings (SSSR count). The van der Waals surface area contributed by atoms with Gasteiger partial charge in [0.25, 0.3) is 5.91 Å². The largest absolute Gasteiger partial charge is 0.481 e. The molecule has 5 nitrogen and oxygen atoms in total. The fourth-order valence-corrected chi connectivity index (χ4v) is 6.37. The summed E-state index contributed by atoms with van der Waals surface area (Å²) in [5.74, 6) is -2.12. The topological polar surface area (TPSA) is 83.5 Å². The van der Waals surface area contributed by atoms with Gasteiger partial charge in [0.2, 0.25) is 0 Å². The lowest BCUT2D eigenvalue weighted by Gasteiger charge is -2.27. The molecule has 1 amide bonds. The smallest absolute Gasteiger partial charge is 0.307 e. The van der Waals surface area contributed by atoms with E-state index in [-0.39, 0.29) is 18.1 Å². The van der Waals surface area contributed by atoms with Gasteiger partial charge in [-0.2, -0.15) is 0 Å². The zero-order valence-corrected chi connectivity index (χ0v) is 18.9. The number of thiophene rings is 1. The molecule has 0 bridgehead atoms. The number of carbonyl (C=O) groups excluding carboxylic acids is 2. The third-order valence-corrected chi connectivity index (χ3v) is 8.11. The Balaban J connectivity index is 1.59. The number of hydrogen-bond donors (Lipinski definition) is 2. The van der Waals surface area contributed by atoms with E-state index in [2.05, 4.69) is 5.32 Å². The number of anilines is 1. The normalized spacial score (nSPS) is 20.3. The number of fused-ring (bicyclic) bond motifs is 1. The highest BCUT2D eigenvalue weighted by Crippen LogP contribution is 2.38. The molecule has 164 valence electrons. The Hall–Kier alpha value is -2.47. The lowest BCUT2D eigenvalue weighted by Crippen LogP contribution is -2.33. The Morgan fingerprint density at radius 1 is 1.03 bits per heavy atom. The van der Waals surface area contributed by atoms with Crippen molar-refractivity contribution in [1.82, 2.24) is 0 Å². The molecule has 1 aromatic heterocycles. The van der Waals surface area contributed by atoms with Gasteiger partial charge in [-0.3, -0.25) is 14.4 Å². The van der Waals surface area contributed by atoms with Crippen molar-refractivity contribution in [2.45, 2.75) is 65.2 Å². The molecule has 0 saturated heterocycles. The van der Waals surface area contributed by atoms with Crippen LogP contribution in [0.1, 0.15) is 68.9 Å². The minimum Gasteiger partial charge on any atom is -0.481 e. The third-order valence-electron chi connectivity index (χ3n) is 6.82. The summed E-state index contributed by atoms with van der Waals surface area (Å²) in [6, 6.07) is 5.85. The summed E-state index contributed by atoms with van der Waals surface area (Å²) < 4.78 is 0. The van der Waals surface area contributed by atoms with Gasteiger partial charge in [-0.25, -0.2) is 0 Å². The van der Waals surface area contributed by atoms with Gasteiger partial charge in [0.1, 0.15) is 5.78 Å². The van der Waals surface area contributed by atoms with Crippen molar-refractivity contribution < 1.29 is 19.5 Å². The summed E-state index contributed by atoms with van der Waals surface area (Å²) in [5, 5.41) is 12.6. The maximum Gasteiger partial charge on any atom is 0.307 e. The van der Waals surface area contributed by atoms with Crippen LogP contribution in [0.25, 0.3) is 0 Å². The van der Waals surface area contributed by atoms with E-state index < -0.39 is 17.8 Å². The van der Waals surface area contributed by atoms with Crippen molar-refractivity contribution in [2.24, 2.45) is 11.8 Å². The van der Waals surface area contributed by atoms with Crippen molar-refractivity contribution in [3.05, 3.63) is 50.2 Å². The highest BCUT2D eigenvalue weighted by Gasteiger charge is 2.37. The molecule has 6 heteroatoms. The summed E-state index contributed by atoms with van der Waals surface area (Å²) in [6.45, 7) is 4.05. The summed E-state index contributed by atoms with van der Waals surface area (Å²) in [5.41, 5.74) is 4.75. The van der Waals surface area contributed by atoms with Crippen molar-refractivity contribution in [3.8, 4) is 0 Å². The number of nitrogens with one attached hydrogen (secondary N) is 1. The zero-order valence-electron chi connectivity index (χ0n) is 18.1. The lowest BCUT2D eigenvalue weighted by atomic mass is 9.76. The second-order valence-electron chi connectivity index (χ2n) is 8.89. The number of carboxylic acid groups (broad SMARTS) is 1. The number of aryl methyl sites for hydroxylation is 3. The second kappa shape index (κ2) is 8.95. The Kier molecular flexibility index (Phi) is 6.28. The van der Waals surface area contributed by atoms with Crippen LogP contribution in [0.2, 0.25) is 0 Å². The number of Topliss-reactive ketones (excluding diaryl/α,β-unsaturated/α-hetero) is 1. The van der Waals surface area contributed by atoms with E-state index in [9.17, 15) is 19.5 Å². The number of hydrogen-bond acceptors (Lipinski definition) is 4. The first-order valence-electron chi connectivity index (χ1n) is 11.1. The number of amides is 1. The van der Waals surface area contributed by atoms with Gasteiger partial charge in [-0.15, -0.1) is 11.3 Å². The van der Waals surface area contributed by atoms with Crippen LogP contribution in [0.4, 0.5) is 5.69 Å². The van der Waals surface area contributed by atoms with Crippen molar-refractivity contribution in [3.63, 3.8) is 0 Å². The fourth-order valence-electron chi connectivity index (χ4n) is 4.96. The predicted molar refractivity (Wildman–Crippen MR) is 122 cm³/mol. The maximum absolute atomic E-state index is 13.3. The van der Waals surface area contributed by atoms with Gasteiger partial charge in [-0.1, -0.05) is 18.9 Å². The molecule has 0 aliphatic heterocycles. The summed E-state index contributed by atoms with van der Waals surface area (Å²) >= 11 is 1.57. The molecular weight excluding hydrogens is 410 g/mol. The highest BCUT2D eigenvalue weighted by molar-refractivity contribution is 7.12. The van der Waals surface area contributed by atoms with E-state index in [1.807, 2.05) is 32.0 Å². The number of rotatable bonds is 6. The van der Waals surface area contributed by atoms with Crippen LogP contribution in [0.15, 0.2) is 18.2 Å². The molecule has 0 spiro atoms. The van der Waals surface area contributed by atoms with Crippen LogP contribution in [0.3, 0.4) is 0 Å². The first kappa shape index (κ1) is 21.8. The van der Waals surface area contributed by atoms with Crippen LogP contribution in [0, 0.1) is 25.7 Å². The molecule has 1 fully saturated rings. The number of carbonyl (C=O) groups is 3. The van der Waals surface area contributed by atoms with E-state index in [0.717, 1.165) is 53.8 Å². The average molecular weight is 440 g/mol. The summed E-state index contributed by atoms with van der Waals surface area (Å²) in [6.07, 6.45) is 5.93. The molecule has 2 aliphatic rings. The molecule has 31 heavy (non-hydrogen) atoms. The Morgan fingerprint density at radius 3 is 2.48 bits per heavy atom. The van der Waals surface area contributed by atoms with E-state index in [4.69, 9.17) is 0 Å². The average Bonchev–Trinajstić information content (AvgIpc) is 3.31. The van der Waals surface area contributed by atoms with Crippen molar-refractivity contribution >= 4 is 34.7 Å². The third kappa shape index (κ3) is 4.45. The number of ketones is 1. The number of benzene rings is 1. The minimum atomic E-state index is -0.876. The Labute approximate surface area is 186 Å². The van der Waals surface area contributed by atoms with Crippen LogP contribution in [-0.2, 0) is 28.9 Å². The summed E-state index contributed by atoms with van der Waals surface area (Å²) in [4.78, 5) is 40.1. The molecular formula is C25H29NO4S. The quantitative estimate of drug-likeness (QED) is 0.655. The SMILES string of the molecule is Cc1ccc(NC(=O)c2c(CC(=O)C3CCCCC3C(=O)O)sc3c2CCC3)cc1C. The van der Waals surface area contributed by atoms with Crippen LogP contribution in [-0.4, -0.2) is 22.8 Å². The van der Waals surface area contributed by atoms with Crippen LogP contribution in [0.5, 0.6) is 0 Å².